The number of hydrogen-bond acceptors (Lipinski definition) is 6. The highest BCUT2D eigenvalue weighted by Gasteiger charge is 2.18. The molecule has 0 bridgehead atoms. The first kappa shape index (κ1) is 21.5. The molecular formula is C20H20N2O7. The van der Waals surface area contributed by atoms with Crippen LogP contribution in [0.1, 0.15) is 40.9 Å². The molecule has 0 atom stereocenters. The van der Waals surface area contributed by atoms with E-state index < -0.39 is 16.9 Å². The molecule has 2 aromatic rings. The Morgan fingerprint density at radius 2 is 1.76 bits per heavy atom. The van der Waals surface area contributed by atoms with Crippen LogP contribution in [-0.2, 0) is 27.2 Å². The number of rotatable bonds is 8. The molecule has 9 nitrogen and oxygen atoms in total. The molecule has 0 aliphatic heterocycles. The molecule has 29 heavy (non-hydrogen) atoms. The average Bonchev–Trinajstić information content (AvgIpc) is 2.62. The first-order valence-corrected chi connectivity index (χ1v) is 8.70. The normalized spacial score (nSPS) is 10.3. The standard InChI is InChI=1S/C20H20N2O7/c1-12(23)21-19-11-15(9-14-3-5-16(6-4-14)22(27)28)10-18(20(25)26)17(19)7-8-29-13(2)24/h3-6,10-11H,7-9H2,1-2H3,(H,21,23)(H,25,26). The van der Waals surface area contributed by atoms with E-state index in [2.05, 4.69) is 5.32 Å². The number of aromatic carboxylic acids is 1. The summed E-state index contributed by atoms with van der Waals surface area (Å²) in [5.74, 6) is -2.04. The van der Waals surface area contributed by atoms with Crippen molar-refractivity contribution in [2.24, 2.45) is 0 Å². The average molecular weight is 400 g/mol. The van der Waals surface area contributed by atoms with Gasteiger partial charge in [0.05, 0.1) is 17.1 Å². The lowest BCUT2D eigenvalue weighted by Gasteiger charge is -2.16. The van der Waals surface area contributed by atoms with E-state index in [1.165, 1.54) is 32.0 Å². The third-order valence-corrected chi connectivity index (χ3v) is 4.06. The summed E-state index contributed by atoms with van der Waals surface area (Å²) in [6, 6.07) is 9.05. The Morgan fingerprint density at radius 1 is 1.10 bits per heavy atom. The van der Waals surface area contributed by atoms with E-state index in [1.54, 1.807) is 18.2 Å². The Balaban J connectivity index is 2.40. The number of benzene rings is 2. The van der Waals surface area contributed by atoms with Crippen molar-refractivity contribution in [1.29, 1.82) is 0 Å². The first-order valence-electron chi connectivity index (χ1n) is 8.70. The van der Waals surface area contributed by atoms with Crippen molar-refractivity contribution in [2.45, 2.75) is 26.7 Å². The number of nitro groups is 1. The van der Waals surface area contributed by atoms with Crippen molar-refractivity contribution in [1.82, 2.24) is 0 Å². The molecule has 0 spiro atoms. The number of ether oxygens (including phenoxy) is 1. The van der Waals surface area contributed by atoms with Crippen LogP contribution in [0, 0.1) is 10.1 Å². The minimum absolute atomic E-state index is 0.0136. The monoisotopic (exact) mass is 400 g/mol. The van der Waals surface area contributed by atoms with Crippen LogP contribution < -0.4 is 5.32 Å². The lowest BCUT2D eigenvalue weighted by Crippen LogP contribution is -2.15. The van der Waals surface area contributed by atoms with E-state index in [1.807, 2.05) is 0 Å². The number of nitrogens with zero attached hydrogens (tertiary/aromatic N) is 1. The lowest BCUT2D eigenvalue weighted by atomic mass is 9.95. The van der Waals surface area contributed by atoms with E-state index in [0.717, 1.165) is 5.56 Å². The molecule has 0 radical (unpaired) electrons. The third kappa shape index (κ3) is 6.13. The van der Waals surface area contributed by atoms with Crippen LogP contribution in [-0.4, -0.2) is 34.5 Å². The number of non-ortho nitro benzene ring substituents is 1. The molecule has 1 amide bonds. The van der Waals surface area contributed by atoms with Gasteiger partial charge in [0.2, 0.25) is 5.91 Å². The van der Waals surface area contributed by atoms with Gasteiger partial charge in [0.15, 0.2) is 0 Å². The summed E-state index contributed by atoms with van der Waals surface area (Å²) in [6.07, 6.45) is 0.434. The molecule has 0 aliphatic rings. The van der Waals surface area contributed by atoms with Gasteiger partial charge >= 0.3 is 11.9 Å². The minimum atomic E-state index is -1.18. The fourth-order valence-electron chi connectivity index (χ4n) is 2.86. The SMILES string of the molecule is CC(=O)Nc1cc(Cc2ccc([N+](=O)[O-])cc2)cc(C(=O)O)c1CCOC(C)=O. The van der Waals surface area contributed by atoms with Crippen molar-refractivity contribution >= 4 is 29.2 Å². The number of anilines is 1. The van der Waals surface area contributed by atoms with E-state index in [4.69, 9.17) is 4.74 Å². The predicted octanol–water partition coefficient (Wildman–Crippen LogP) is 2.95. The maximum Gasteiger partial charge on any atom is 0.336 e. The molecule has 0 saturated carbocycles. The number of carboxylic acids is 1. The molecule has 0 saturated heterocycles. The molecule has 0 unspecified atom stereocenters. The van der Waals surface area contributed by atoms with Gasteiger partial charge in [-0.15, -0.1) is 0 Å². The summed E-state index contributed by atoms with van der Waals surface area (Å²) in [4.78, 5) is 44.6. The van der Waals surface area contributed by atoms with Crippen molar-refractivity contribution in [3.05, 3.63) is 68.8 Å². The van der Waals surface area contributed by atoms with E-state index in [0.29, 0.717) is 23.2 Å². The molecule has 2 N–H and O–H groups in total. The quantitative estimate of drug-likeness (QED) is 0.395. The zero-order chi connectivity index (χ0) is 21.6. The summed E-state index contributed by atoms with van der Waals surface area (Å²) in [6.45, 7) is 2.53. The largest absolute Gasteiger partial charge is 0.478 e. The maximum absolute atomic E-state index is 11.8. The van der Waals surface area contributed by atoms with Gasteiger partial charge in [-0.1, -0.05) is 12.1 Å². The minimum Gasteiger partial charge on any atom is -0.478 e. The Kier molecular flexibility index (Phi) is 7.02. The summed E-state index contributed by atoms with van der Waals surface area (Å²) >= 11 is 0. The number of carbonyl (C=O) groups is 3. The van der Waals surface area contributed by atoms with Crippen LogP contribution in [0.3, 0.4) is 0 Å². The summed E-state index contributed by atoms with van der Waals surface area (Å²) in [5, 5.41) is 23.0. The van der Waals surface area contributed by atoms with Crippen LogP contribution in [0.25, 0.3) is 0 Å². The van der Waals surface area contributed by atoms with Gasteiger partial charge in [0, 0.05) is 38.1 Å². The summed E-state index contributed by atoms with van der Waals surface area (Å²) < 4.78 is 4.90. The van der Waals surface area contributed by atoms with Crippen LogP contribution in [0.15, 0.2) is 36.4 Å². The second-order valence-corrected chi connectivity index (χ2v) is 6.35. The topological polar surface area (TPSA) is 136 Å². The second kappa shape index (κ2) is 9.45. The molecule has 0 heterocycles. The Labute approximate surface area is 166 Å². The molecular weight excluding hydrogens is 380 g/mol. The van der Waals surface area contributed by atoms with Gasteiger partial charge in [0.1, 0.15) is 0 Å². The highest BCUT2D eigenvalue weighted by Crippen LogP contribution is 2.26. The van der Waals surface area contributed by atoms with Crippen molar-refractivity contribution in [2.75, 3.05) is 11.9 Å². The smallest absolute Gasteiger partial charge is 0.336 e. The second-order valence-electron chi connectivity index (χ2n) is 6.35. The number of hydrogen-bond donors (Lipinski definition) is 2. The van der Waals surface area contributed by atoms with E-state index in [9.17, 15) is 29.6 Å². The zero-order valence-corrected chi connectivity index (χ0v) is 15.9. The zero-order valence-electron chi connectivity index (χ0n) is 15.9. The van der Waals surface area contributed by atoms with Gasteiger partial charge in [-0.25, -0.2) is 4.79 Å². The number of esters is 1. The first-order chi connectivity index (χ1) is 13.7. The van der Waals surface area contributed by atoms with E-state index >= 15 is 0 Å². The van der Waals surface area contributed by atoms with Gasteiger partial charge in [-0.3, -0.25) is 19.7 Å². The third-order valence-electron chi connectivity index (χ3n) is 4.06. The van der Waals surface area contributed by atoms with Crippen LogP contribution in [0.5, 0.6) is 0 Å². The number of nitrogens with one attached hydrogen (secondary N) is 1. The number of amides is 1. The van der Waals surface area contributed by atoms with Gasteiger partial charge < -0.3 is 15.2 Å². The van der Waals surface area contributed by atoms with Gasteiger partial charge in [-0.2, -0.15) is 0 Å². The predicted molar refractivity (Wildman–Crippen MR) is 104 cm³/mol. The molecule has 152 valence electrons. The molecule has 0 aromatic heterocycles. The molecule has 2 aromatic carbocycles. The van der Waals surface area contributed by atoms with Gasteiger partial charge in [-0.05, 0) is 35.2 Å². The number of nitro benzene ring substituents is 1. The summed E-state index contributed by atoms with van der Waals surface area (Å²) in [7, 11) is 0. The lowest BCUT2D eigenvalue weighted by molar-refractivity contribution is -0.384. The molecule has 9 heteroatoms. The maximum atomic E-state index is 11.8. The molecule has 0 aliphatic carbocycles. The van der Waals surface area contributed by atoms with Crippen LogP contribution in [0.2, 0.25) is 0 Å². The van der Waals surface area contributed by atoms with E-state index in [-0.39, 0.29) is 30.2 Å². The fourth-order valence-corrected chi connectivity index (χ4v) is 2.86. The fraction of sp³-hybridized carbons (Fsp3) is 0.250. The Bertz CT molecular complexity index is 952. The summed E-state index contributed by atoms with van der Waals surface area (Å²) in [5.41, 5.74) is 1.97. The highest BCUT2D eigenvalue weighted by molar-refractivity contribution is 5.95. The number of carboxylic acid groups (broad SMARTS) is 1. The van der Waals surface area contributed by atoms with Crippen molar-refractivity contribution in [3.8, 4) is 0 Å². The Hall–Kier alpha value is -3.75. The van der Waals surface area contributed by atoms with Crippen molar-refractivity contribution in [3.63, 3.8) is 0 Å². The van der Waals surface area contributed by atoms with Crippen molar-refractivity contribution < 1.29 is 29.2 Å². The van der Waals surface area contributed by atoms with Gasteiger partial charge in [0.25, 0.3) is 5.69 Å². The van der Waals surface area contributed by atoms with Crippen LogP contribution in [0.4, 0.5) is 11.4 Å². The Morgan fingerprint density at radius 3 is 2.28 bits per heavy atom. The highest BCUT2D eigenvalue weighted by atomic mass is 16.6. The molecule has 2 rings (SSSR count). The number of carbonyl (C=O) groups excluding carboxylic acids is 2. The van der Waals surface area contributed by atoms with Crippen LogP contribution >= 0.6 is 0 Å². The molecule has 0 fully saturated rings.